The van der Waals surface area contributed by atoms with Crippen molar-refractivity contribution < 1.29 is 37.3 Å². The molecule has 3 unspecified atom stereocenters. The number of carbonyl (C=O) groups excluding carboxylic acids is 1. The maximum atomic E-state index is 12.5. The molecule has 2 rings (SSSR count). The van der Waals surface area contributed by atoms with E-state index in [2.05, 4.69) is 10.1 Å². The molecule has 1 aromatic carbocycles. The predicted molar refractivity (Wildman–Crippen MR) is 84.6 cm³/mol. The summed E-state index contributed by atoms with van der Waals surface area (Å²) in [6.45, 7) is 1.54. The third kappa shape index (κ3) is 5.35. The highest BCUT2D eigenvalue weighted by molar-refractivity contribution is 5.84. The van der Waals surface area contributed by atoms with Crippen molar-refractivity contribution in [1.82, 2.24) is 5.32 Å². The number of hydrogen-bond acceptors (Lipinski definition) is 4. The lowest BCUT2D eigenvalue weighted by Gasteiger charge is -2.28. The molecule has 9 heteroatoms. The molecular weight excluding hydrogens is 355 g/mol. The van der Waals surface area contributed by atoms with Gasteiger partial charge in [0.15, 0.2) is 0 Å². The molecule has 2 N–H and O–H groups in total. The third-order valence-electron chi connectivity index (χ3n) is 4.10. The van der Waals surface area contributed by atoms with Crippen molar-refractivity contribution >= 4 is 11.9 Å². The normalized spacial score (nSPS) is 21.6. The third-order valence-corrected chi connectivity index (χ3v) is 4.10. The summed E-state index contributed by atoms with van der Waals surface area (Å²) in [4.78, 5) is 23.4. The Morgan fingerprint density at radius 2 is 1.96 bits per heavy atom. The molecule has 26 heavy (non-hydrogen) atoms. The van der Waals surface area contributed by atoms with E-state index in [0.717, 1.165) is 0 Å². The van der Waals surface area contributed by atoms with Crippen molar-refractivity contribution in [2.45, 2.75) is 37.6 Å². The van der Waals surface area contributed by atoms with Crippen molar-refractivity contribution in [1.29, 1.82) is 0 Å². The van der Waals surface area contributed by atoms with Gasteiger partial charge in [-0.25, -0.2) is 0 Å². The fourth-order valence-corrected chi connectivity index (χ4v) is 3.01. The maximum Gasteiger partial charge on any atom is 0.573 e. The largest absolute Gasteiger partial charge is 0.573 e. The Labute approximate surface area is 148 Å². The van der Waals surface area contributed by atoms with Crippen LogP contribution in [0.15, 0.2) is 24.3 Å². The first kappa shape index (κ1) is 20.0. The Morgan fingerprint density at radius 1 is 1.31 bits per heavy atom. The highest BCUT2D eigenvalue weighted by Gasteiger charge is 2.47. The van der Waals surface area contributed by atoms with E-state index in [1.807, 2.05) is 0 Å². The molecule has 1 aliphatic carbocycles. The number of carbonyl (C=O) groups is 2. The minimum absolute atomic E-state index is 0.00377. The first-order valence-electron chi connectivity index (χ1n) is 7.92. The lowest BCUT2D eigenvalue weighted by molar-refractivity contribution is -0.274. The number of para-hydroxylation sites is 1. The Kier molecular flexibility index (Phi) is 5.80. The number of alkyl halides is 3. The van der Waals surface area contributed by atoms with Gasteiger partial charge in [-0.2, -0.15) is 0 Å². The Morgan fingerprint density at radius 3 is 2.54 bits per heavy atom. The summed E-state index contributed by atoms with van der Waals surface area (Å²) in [5, 5.41) is 11.6. The molecule has 1 fully saturated rings. The van der Waals surface area contributed by atoms with E-state index in [9.17, 15) is 22.8 Å². The number of carboxylic acids is 1. The lowest BCUT2D eigenvalue weighted by atomic mass is 9.98. The zero-order valence-electron chi connectivity index (χ0n) is 14.3. The van der Waals surface area contributed by atoms with Crippen molar-refractivity contribution in [3.05, 3.63) is 29.8 Å². The summed E-state index contributed by atoms with van der Waals surface area (Å²) in [7, 11) is 1.39. The molecule has 144 valence electrons. The van der Waals surface area contributed by atoms with Crippen molar-refractivity contribution in [2.24, 2.45) is 5.92 Å². The molecule has 0 heterocycles. The average Bonchev–Trinajstić information content (AvgIpc) is 3.25. The molecule has 1 saturated carbocycles. The first-order chi connectivity index (χ1) is 12.0. The van der Waals surface area contributed by atoms with Gasteiger partial charge in [0, 0.05) is 13.0 Å². The zero-order valence-corrected chi connectivity index (χ0v) is 14.3. The topological polar surface area (TPSA) is 84.9 Å². The number of rotatable bonds is 8. The second-order valence-electron chi connectivity index (χ2n) is 6.59. The van der Waals surface area contributed by atoms with Crippen LogP contribution in [-0.4, -0.2) is 42.6 Å². The fraction of sp³-hybridized carbons (Fsp3) is 0.529. The fourth-order valence-electron chi connectivity index (χ4n) is 3.01. The van der Waals surface area contributed by atoms with Gasteiger partial charge in [0.25, 0.3) is 0 Å². The van der Waals surface area contributed by atoms with E-state index in [1.54, 1.807) is 13.0 Å². The van der Waals surface area contributed by atoms with Gasteiger partial charge in [0.2, 0.25) is 5.91 Å². The summed E-state index contributed by atoms with van der Waals surface area (Å²) in [5.74, 6) is -2.80. The summed E-state index contributed by atoms with van der Waals surface area (Å²) in [5.41, 5.74) is -0.802. The van der Waals surface area contributed by atoms with Gasteiger partial charge in [-0.05, 0) is 30.9 Å². The number of ether oxygens (including phenoxy) is 2. The number of amides is 1. The minimum atomic E-state index is -4.82. The van der Waals surface area contributed by atoms with Crippen LogP contribution < -0.4 is 10.1 Å². The van der Waals surface area contributed by atoms with Gasteiger partial charge in [-0.15, -0.1) is 13.2 Å². The molecule has 1 aliphatic rings. The van der Waals surface area contributed by atoms with Crippen LogP contribution >= 0.6 is 0 Å². The van der Waals surface area contributed by atoms with Crippen LogP contribution in [-0.2, 0) is 14.3 Å². The number of aliphatic carboxylic acids is 1. The number of carboxylic acid groups (broad SMARTS) is 1. The summed E-state index contributed by atoms with van der Waals surface area (Å²) < 4.78 is 46.6. The smallest absolute Gasteiger partial charge is 0.481 e. The minimum Gasteiger partial charge on any atom is -0.481 e. The van der Waals surface area contributed by atoms with Gasteiger partial charge in [0.1, 0.15) is 5.75 Å². The van der Waals surface area contributed by atoms with Crippen LogP contribution in [0.2, 0.25) is 0 Å². The summed E-state index contributed by atoms with van der Waals surface area (Å²) in [6.07, 6.45) is -4.79. The number of benzene rings is 1. The van der Waals surface area contributed by atoms with Crippen LogP contribution in [0.3, 0.4) is 0 Å². The molecule has 0 radical (unpaired) electrons. The Balaban J connectivity index is 2.08. The molecule has 3 atom stereocenters. The highest BCUT2D eigenvalue weighted by Crippen LogP contribution is 2.51. The predicted octanol–water partition coefficient (Wildman–Crippen LogP) is 2.68. The molecule has 6 nitrogen and oxygen atoms in total. The number of halogens is 3. The van der Waals surface area contributed by atoms with Crippen LogP contribution in [0.1, 0.15) is 31.2 Å². The number of methoxy groups -OCH3 is 1. The average molecular weight is 375 g/mol. The van der Waals surface area contributed by atoms with Gasteiger partial charge >= 0.3 is 12.3 Å². The van der Waals surface area contributed by atoms with Gasteiger partial charge in [-0.1, -0.05) is 18.2 Å². The first-order valence-corrected chi connectivity index (χ1v) is 7.92. The lowest BCUT2D eigenvalue weighted by Crippen LogP contribution is -2.51. The van der Waals surface area contributed by atoms with E-state index >= 15 is 0 Å². The van der Waals surface area contributed by atoms with E-state index in [0.29, 0.717) is 12.0 Å². The van der Waals surface area contributed by atoms with E-state index in [1.165, 1.54) is 25.3 Å². The summed E-state index contributed by atoms with van der Waals surface area (Å²) in [6, 6.07) is 5.69. The van der Waals surface area contributed by atoms with Crippen molar-refractivity contribution in [2.75, 3.05) is 13.7 Å². The maximum absolute atomic E-state index is 12.5. The van der Waals surface area contributed by atoms with Crippen LogP contribution in [0.4, 0.5) is 13.2 Å². The van der Waals surface area contributed by atoms with Crippen molar-refractivity contribution in [3.63, 3.8) is 0 Å². The molecular formula is C17H20F3NO5. The molecule has 0 aromatic heterocycles. The molecule has 0 saturated heterocycles. The standard InChI is InChI=1S/C17H20F3NO5/c1-16(9-25-2,8-14(22)23)21-15(24)12-7-11(12)10-5-3-4-6-13(10)26-17(18,19)20/h3-6,11-12H,7-9H2,1-2H3,(H,21,24)(H,22,23). The van der Waals surface area contributed by atoms with Gasteiger partial charge in [-0.3, -0.25) is 9.59 Å². The molecule has 0 bridgehead atoms. The second kappa shape index (κ2) is 7.53. The number of nitrogens with one attached hydrogen (secondary N) is 1. The van der Waals surface area contributed by atoms with E-state index < -0.39 is 35.6 Å². The molecule has 1 aromatic rings. The van der Waals surface area contributed by atoms with E-state index in [4.69, 9.17) is 9.84 Å². The SMILES string of the molecule is COCC(C)(CC(=O)O)NC(=O)C1CC1c1ccccc1OC(F)(F)F. The molecule has 0 spiro atoms. The zero-order chi connectivity index (χ0) is 19.5. The van der Waals surface area contributed by atoms with Crippen LogP contribution in [0.5, 0.6) is 5.75 Å². The summed E-state index contributed by atoms with van der Waals surface area (Å²) >= 11 is 0. The van der Waals surface area contributed by atoms with Crippen molar-refractivity contribution in [3.8, 4) is 5.75 Å². The van der Waals surface area contributed by atoms with Crippen LogP contribution in [0, 0.1) is 5.92 Å². The number of hydrogen-bond donors (Lipinski definition) is 2. The second-order valence-corrected chi connectivity index (χ2v) is 6.59. The Hall–Kier alpha value is -2.29. The van der Waals surface area contributed by atoms with Gasteiger partial charge < -0.3 is 19.9 Å². The quantitative estimate of drug-likeness (QED) is 0.730. The molecule has 1 amide bonds. The van der Waals surface area contributed by atoms with Crippen LogP contribution in [0.25, 0.3) is 0 Å². The van der Waals surface area contributed by atoms with Gasteiger partial charge in [0.05, 0.1) is 18.6 Å². The Bertz CT molecular complexity index is 679. The molecule has 0 aliphatic heterocycles. The monoisotopic (exact) mass is 375 g/mol. The van der Waals surface area contributed by atoms with E-state index in [-0.39, 0.29) is 18.8 Å². The highest BCUT2D eigenvalue weighted by atomic mass is 19.4.